The van der Waals surface area contributed by atoms with Crippen molar-refractivity contribution in [2.75, 3.05) is 26.9 Å². The van der Waals surface area contributed by atoms with E-state index in [2.05, 4.69) is 41.5 Å². The molecule has 218 valence electrons. The van der Waals surface area contributed by atoms with Crippen LogP contribution in [-0.4, -0.2) is 37.8 Å². The van der Waals surface area contributed by atoms with Gasteiger partial charge in [-0.15, -0.1) is 11.3 Å². The predicted molar refractivity (Wildman–Crippen MR) is 171 cm³/mol. The summed E-state index contributed by atoms with van der Waals surface area (Å²) in [6.45, 7) is 6.29. The number of carbonyl (C=O) groups excluding carboxylic acids is 1. The van der Waals surface area contributed by atoms with Gasteiger partial charge in [-0.3, -0.25) is 4.79 Å². The van der Waals surface area contributed by atoms with Crippen LogP contribution < -0.4 is 15.8 Å². The lowest BCUT2D eigenvalue weighted by atomic mass is 9.92. The first-order chi connectivity index (χ1) is 20.9. The summed E-state index contributed by atoms with van der Waals surface area (Å²) in [6.07, 6.45) is 1.29. The van der Waals surface area contributed by atoms with Gasteiger partial charge in [-0.2, -0.15) is 0 Å². The Morgan fingerprint density at radius 3 is 2.74 bits per heavy atom. The standard InChI is InChI=1S/C35H32FN3O3S/c1-21(35(37)40)16-22-4-3-5-24(17-22)33-31(28-9-8-27(36)19-30(28)42-14-13-41-2)34-29(11-15-43-34)32(39-33)25-6-7-26-20-38-12-10-23(26)18-25/h3-9,11,15,17-19,38H,1,10,12-14,16,20H2,2H3,(H2,37,40). The normalized spacial score (nSPS) is 12.7. The van der Waals surface area contributed by atoms with Gasteiger partial charge in [-0.1, -0.05) is 36.9 Å². The van der Waals surface area contributed by atoms with E-state index in [1.54, 1.807) is 24.5 Å². The van der Waals surface area contributed by atoms with E-state index in [-0.39, 0.29) is 12.4 Å². The number of nitrogens with one attached hydrogen (secondary N) is 1. The Labute approximate surface area is 254 Å². The van der Waals surface area contributed by atoms with Crippen LogP contribution in [0.4, 0.5) is 4.39 Å². The van der Waals surface area contributed by atoms with Crippen LogP contribution in [0.2, 0.25) is 0 Å². The van der Waals surface area contributed by atoms with E-state index in [0.717, 1.165) is 68.8 Å². The first kappa shape index (κ1) is 28.7. The van der Waals surface area contributed by atoms with Gasteiger partial charge in [0.05, 0.1) is 18.0 Å². The molecule has 1 aliphatic rings. The second kappa shape index (κ2) is 12.5. The molecule has 0 radical (unpaired) electrons. The smallest absolute Gasteiger partial charge is 0.244 e. The van der Waals surface area contributed by atoms with Crippen molar-refractivity contribution < 1.29 is 18.7 Å². The zero-order valence-electron chi connectivity index (χ0n) is 23.9. The third-order valence-corrected chi connectivity index (χ3v) is 8.63. The van der Waals surface area contributed by atoms with Gasteiger partial charge >= 0.3 is 0 Å². The lowest BCUT2D eigenvalue weighted by molar-refractivity contribution is -0.114. The van der Waals surface area contributed by atoms with Crippen LogP contribution >= 0.6 is 11.3 Å². The number of rotatable bonds is 10. The molecule has 0 saturated heterocycles. The van der Waals surface area contributed by atoms with Crippen molar-refractivity contribution in [2.24, 2.45) is 5.73 Å². The van der Waals surface area contributed by atoms with Gasteiger partial charge in [-0.25, -0.2) is 9.37 Å². The summed E-state index contributed by atoms with van der Waals surface area (Å²) in [5.41, 5.74) is 14.5. The fourth-order valence-corrected chi connectivity index (χ4v) is 6.50. The second-order valence-corrected chi connectivity index (χ2v) is 11.5. The van der Waals surface area contributed by atoms with Crippen LogP contribution in [0.15, 0.2) is 84.3 Å². The van der Waals surface area contributed by atoms with Crippen LogP contribution in [0.3, 0.4) is 0 Å². The van der Waals surface area contributed by atoms with Crippen molar-refractivity contribution in [3.63, 3.8) is 0 Å². The number of pyridine rings is 1. The Bertz CT molecular complexity index is 1850. The maximum absolute atomic E-state index is 14.5. The molecule has 0 fully saturated rings. The maximum atomic E-state index is 14.5. The molecule has 6 rings (SSSR count). The number of hydrogen-bond acceptors (Lipinski definition) is 6. The molecule has 0 saturated carbocycles. The summed E-state index contributed by atoms with van der Waals surface area (Å²) in [4.78, 5) is 17.1. The average molecular weight is 594 g/mol. The SMILES string of the molecule is C=C(Cc1cccc(-c2nc(-c3ccc4c(c3)CCNC4)c3ccsc3c2-c2ccc(F)cc2OCCOC)c1)C(N)=O. The van der Waals surface area contributed by atoms with Gasteiger partial charge in [0.1, 0.15) is 18.2 Å². The predicted octanol–water partition coefficient (Wildman–Crippen LogP) is 6.69. The molecule has 2 aromatic heterocycles. The van der Waals surface area contributed by atoms with E-state index in [1.165, 1.54) is 23.3 Å². The number of benzene rings is 3. The van der Waals surface area contributed by atoms with Crippen molar-refractivity contribution in [3.05, 3.63) is 107 Å². The van der Waals surface area contributed by atoms with E-state index >= 15 is 0 Å². The molecule has 43 heavy (non-hydrogen) atoms. The summed E-state index contributed by atoms with van der Waals surface area (Å²) < 4.78 is 26.8. The van der Waals surface area contributed by atoms with Crippen LogP contribution in [-0.2, 0) is 28.9 Å². The number of methoxy groups -OCH3 is 1. The summed E-state index contributed by atoms with van der Waals surface area (Å²) in [5, 5.41) is 6.52. The molecule has 8 heteroatoms. The monoisotopic (exact) mass is 593 g/mol. The highest BCUT2D eigenvalue weighted by Crippen LogP contribution is 2.46. The number of halogens is 1. The Morgan fingerprint density at radius 1 is 1.05 bits per heavy atom. The van der Waals surface area contributed by atoms with Gasteiger partial charge in [0.2, 0.25) is 5.91 Å². The minimum Gasteiger partial charge on any atom is -0.490 e. The van der Waals surface area contributed by atoms with Crippen LogP contribution in [0, 0.1) is 5.82 Å². The molecule has 0 aliphatic carbocycles. The molecular formula is C35H32FN3O3S. The first-order valence-corrected chi connectivity index (χ1v) is 15.0. The number of amides is 1. The van der Waals surface area contributed by atoms with Crippen molar-refractivity contribution in [1.82, 2.24) is 10.3 Å². The number of ether oxygens (including phenoxy) is 2. The molecular weight excluding hydrogens is 561 g/mol. The van der Waals surface area contributed by atoms with Crippen LogP contribution in [0.5, 0.6) is 5.75 Å². The molecule has 5 aromatic rings. The molecule has 3 N–H and O–H groups in total. The van der Waals surface area contributed by atoms with Crippen molar-refractivity contribution in [1.29, 1.82) is 0 Å². The summed E-state index contributed by atoms with van der Waals surface area (Å²) in [5.74, 6) is -0.499. The third-order valence-electron chi connectivity index (χ3n) is 7.70. The van der Waals surface area contributed by atoms with Gasteiger partial charge in [0, 0.05) is 64.1 Å². The lowest BCUT2D eigenvalue weighted by Gasteiger charge is -2.20. The van der Waals surface area contributed by atoms with Crippen molar-refractivity contribution in [2.45, 2.75) is 19.4 Å². The molecule has 0 bridgehead atoms. The summed E-state index contributed by atoms with van der Waals surface area (Å²) >= 11 is 1.62. The van der Waals surface area contributed by atoms with E-state index in [4.69, 9.17) is 20.2 Å². The zero-order valence-corrected chi connectivity index (χ0v) is 24.7. The van der Waals surface area contributed by atoms with E-state index in [9.17, 15) is 9.18 Å². The highest BCUT2D eigenvalue weighted by Gasteiger charge is 2.23. The Morgan fingerprint density at radius 2 is 1.91 bits per heavy atom. The van der Waals surface area contributed by atoms with Crippen molar-refractivity contribution in [3.8, 4) is 39.4 Å². The molecule has 3 heterocycles. The number of nitrogens with zero attached hydrogens (tertiary/aromatic N) is 1. The molecule has 6 nitrogen and oxygen atoms in total. The quantitative estimate of drug-likeness (QED) is 0.139. The fraction of sp³-hybridized carbons (Fsp3) is 0.200. The summed E-state index contributed by atoms with van der Waals surface area (Å²) in [7, 11) is 1.60. The highest BCUT2D eigenvalue weighted by molar-refractivity contribution is 7.18. The number of thiophene rings is 1. The molecule has 1 aliphatic heterocycles. The van der Waals surface area contributed by atoms with Crippen molar-refractivity contribution >= 4 is 27.3 Å². The van der Waals surface area contributed by atoms with E-state index in [0.29, 0.717) is 24.4 Å². The van der Waals surface area contributed by atoms with Gasteiger partial charge < -0.3 is 20.5 Å². The Hall–Kier alpha value is -4.37. The number of hydrogen-bond donors (Lipinski definition) is 2. The maximum Gasteiger partial charge on any atom is 0.244 e. The van der Waals surface area contributed by atoms with Gasteiger partial charge in [-0.05, 0) is 65.4 Å². The van der Waals surface area contributed by atoms with Crippen LogP contribution in [0.25, 0.3) is 43.7 Å². The molecule has 0 atom stereocenters. The van der Waals surface area contributed by atoms with Crippen LogP contribution in [0.1, 0.15) is 16.7 Å². The minimum atomic E-state index is -0.529. The number of primary amides is 1. The average Bonchev–Trinajstić information content (AvgIpc) is 3.51. The molecule has 0 unspecified atom stereocenters. The van der Waals surface area contributed by atoms with E-state index < -0.39 is 5.91 Å². The largest absolute Gasteiger partial charge is 0.490 e. The molecule has 0 spiro atoms. The number of aromatic nitrogens is 1. The highest BCUT2D eigenvalue weighted by atomic mass is 32.1. The topological polar surface area (TPSA) is 86.5 Å². The Kier molecular flexibility index (Phi) is 8.33. The van der Waals surface area contributed by atoms with Gasteiger partial charge in [0.25, 0.3) is 0 Å². The zero-order chi connectivity index (χ0) is 29.9. The third kappa shape index (κ3) is 5.95. The number of carbonyl (C=O) groups is 1. The lowest BCUT2D eigenvalue weighted by Crippen LogP contribution is -2.23. The van der Waals surface area contributed by atoms with Gasteiger partial charge in [0.15, 0.2) is 0 Å². The number of fused-ring (bicyclic) bond motifs is 2. The fourth-order valence-electron chi connectivity index (χ4n) is 5.55. The Balaban J connectivity index is 1.60. The summed E-state index contributed by atoms with van der Waals surface area (Å²) in [6, 6.07) is 21.2. The second-order valence-electron chi connectivity index (χ2n) is 10.6. The minimum absolute atomic E-state index is 0.274. The first-order valence-electron chi connectivity index (χ1n) is 14.2. The van der Waals surface area contributed by atoms with E-state index in [1.807, 2.05) is 24.3 Å². The number of nitrogens with two attached hydrogens (primary N) is 1. The molecule has 3 aromatic carbocycles. The molecule has 1 amide bonds.